The maximum Gasteiger partial charge on any atom is 0.278 e. The van der Waals surface area contributed by atoms with Crippen LogP contribution >= 0.6 is 11.6 Å². The Morgan fingerprint density at radius 2 is 1.87 bits per heavy atom. The Morgan fingerprint density at radius 3 is 2.55 bits per heavy atom. The van der Waals surface area contributed by atoms with Gasteiger partial charge in [0.1, 0.15) is 18.1 Å². The first-order valence-electron chi connectivity index (χ1n) is 9.71. The number of aromatic nitrogens is 3. The summed E-state index contributed by atoms with van der Waals surface area (Å²) < 4.78 is 12.8. The number of benzene rings is 2. The fraction of sp³-hybridized carbons (Fsp3) is 0.174. The van der Waals surface area contributed by atoms with E-state index in [4.69, 9.17) is 20.9 Å². The second kappa shape index (κ2) is 9.06. The van der Waals surface area contributed by atoms with Gasteiger partial charge in [0.25, 0.3) is 5.91 Å². The lowest BCUT2D eigenvalue weighted by molar-refractivity contribution is 0.101. The van der Waals surface area contributed by atoms with E-state index in [1.165, 1.54) is 0 Å². The number of carbonyl (C=O) groups excluding carboxylic acids is 1. The number of carbonyl (C=O) groups is 1. The summed E-state index contributed by atoms with van der Waals surface area (Å²) in [6, 6.07) is 15.2. The van der Waals surface area contributed by atoms with Crippen LogP contribution in [0.3, 0.4) is 0 Å². The number of ether oxygens (including phenoxy) is 1. The molecule has 0 saturated heterocycles. The third-order valence-corrected chi connectivity index (χ3v) is 4.96. The normalized spacial score (nSPS) is 10.8. The van der Waals surface area contributed by atoms with E-state index in [0.29, 0.717) is 34.3 Å². The molecule has 0 bridgehead atoms. The van der Waals surface area contributed by atoms with Crippen LogP contribution in [-0.4, -0.2) is 20.8 Å². The SMILES string of the molecule is Cc1ccc(OCc2c(C(=O)Nc3ccc(Cn4cc(Cl)cn4)cc3)noc2C)cc1. The van der Waals surface area contributed by atoms with Crippen molar-refractivity contribution < 1.29 is 14.1 Å². The summed E-state index contributed by atoms with van der Waals surface area (Å²) in [5.74, 6) is 0.906. The van der Waals surface area contributed by atoms with Gasteiger partial charge in [-0.1, -0.05) is 46.6 Å². The fourth-order valence-electron chi connectivity index (χ4n) is 3.03. The molecule has 1 amide bonds. The topological polar surface area (TPSA) is 82.2 Å². The van der Waals surface area contributed by atoms with E-state index in [1.807, 2.05) is 55.5 Å². The lowest BCUT2D eigenvalue weighted by Gasteiger charge is -2.08. The van der Waals surface area contributed by atoms with Gasteiger partial charge >= 0.3 is 0 Å². The van der Waals surface area contributed by atoms with Crippen LogP contribution in [-0.2, 0) is 13.2 Å². The van der Waals surface area contributed by atoms with Crippen molar-refractivity contribution in [2.24, 2.45) is 0 Å². The van der Waals surface area contributed by atoms with Crippen LogP contribution in [0.4, 0.5) is 5.69 Å². The highest BCUT2D eigenvalue weighted by Crippen LogP contribution is 2.20. The van der Waals surface area contributed by atoms with Crippen molar-refractivity contribution >= 4 is 23.2 Å². The Bertz CT molecular complexity index is 1180. The van der Waals surface area contributed by atoms with Crippen molar-refractivity contribution in [3.05, 3.63) is 94.1 Å². The molecule has 0 aliphatic heterocycles. The Hall–Kier alpha value is -3.58. The van der Waals surface area contributed by atoms with Gasteiger partial charge in [0, 0.05) is 11.9 Å². The summed E-state index contributed by atoms with van der Waals surface area (Å²) >= 11 is 5.89. The zero-order valence-electron chi connectivity index (χ0n) is 17.1. The average Bonchev–Trinajstić information content (AvgIpc) is 3.34. The number of hydrogen-bond acceptors (Lipinski definition) is 5. The zero-order valence-corrected chi connectivity index (χ0v) is 17.9. The molecular weight excluding hydrogens is 416 g/mol. The molecule has 0 spiro atoms. The minimum absolute atomic E-state index is 0.187. The number of aryl methyl sites for hydroxylation is 2. The number of nitrogens with one attached hydrogen (secondary N) is 1. The molecule has 2 aromatic heterocycles. The summed E-state index contributed by atoms with van der Waals surface area (Å²) in [5.41, 5.74) is 3.65. The number of amides is 1. The van der Waals surface area contributed by atoms with Gasteiger partial charge in [0.15, 0.2) is 5.69 Å². The molecule has 31 heavy (non-hydrogen) atoms. The smallest absolute Gasteiger partial charge is 0.278 e. The van der Waals surface area contributed by atoms with E-state index in [1.54, 1.807) is 24.0 Å². The highest BCUT2D eigenvalue weighted by molar-refractivity contribution is 6.30. The molecule has 8 heteroatoms. The van der Waals surface area contributed by atoms with E-state index in [0.717, 1.165) is 11.1 Å². The maximum atomic E-state index is 12.8. The molecule has 0 aliphatic carbocycles. The number of rotatable bonds is 7. The van der Waals surface area contributed by atoms with Crippen molar-refractivity contribution in [1.29, 1.82) is 0 Å². The first-order chi connectivity index (χ1) is 15.0. The third-order valence-electron chi connectivity index (χ3n) is 4.76. The summed E-state index contributed by atoms with van der Waals surface area (Å²) in [5, 5.41) is 11.5. The average molecular weight is 437 g/mol. The van der Waals surface area contributed by atoms with Crippen LogP contribution < -0.4 is 10.1 Å². The molecule has 7 nitrogen and oxygen atoms in total. The highest BCUT2D eigenvalue weighted by atomic mass is 35.5. The lowest BCUT2D eigenvalue weighted by Crippen LogP contribution is -2.15. The van der Waals surface area contributed by atoms with Gasteiger partial charge in [-0.15, -0.1) is 0 Å². The minimum atomic E-state index is -0.356. The van der Waals surface area contributed by atoms with Gasteiger partial charge in [-0.3, -0.25) is 9.48 Å². The fourth-order valence-corrected chi connectivity index (χ4v) is 3.18. The van der Waals surface area contributed by atoms with Gasteiger partial charge < -0.3 is 14.6 Å². The summed E-state index contributed by atoms with van der Waals surface area (Å²) in [6.07, 6.45) is 3.35. The van der Waals surface area contributed by atoms with Gasteiger partial charge in [-0.2, -0.15) is 5.10 Å². The van der Waals surface area contributed by atoms with E-state index >= 15 is 0 Å². The van der Waals surface area contributed by atoms with Crippen molar-refractivity contribution in [2.75, 3.05) is 5.32 Å². The first-order valence-corrected chi connectivity index (χ1v) is 10.1. The quantitative estimate of drug-likeness (QED) is 0.439. The molecule has 2 heterocycles. The zero-order chi connectivity index (χ0) is 21.8. The Kier molecular flexibility index (Phi) is 6.04. The van der Waals surface area contributed by atoms with Crippen LogP contribution in [0.1, 0.15) is 32.9 Å². The second-order valence-electron chi connectivity index (χ2n) is 7.17. The Labute approximate surface area is 184 Å². The molecule has 0 saturated carbocycles. The van der Waals surface area contributed by atoms with Crippen LogP contribution in [0, 0.1) is 13.8 Å². The van der Waals surface area contributed by atoms with Gasteiger partial charge in [-0.05, 0) is 43.7 Å². The lowest BCUT2D eigenvalue weighted by atomic mass is 10.1. The number of anilines is 1. The molecule has 0 unspecified atom stereocenters. The molecule has 1 N–H and O–H groups in total. The van der Waals surface area contributed by atoms with Gasteiger partial charge in [0.05, 0.1) is 23.3 Å². The number of nitrogens with zero attached hydrogens (tertiary/aromatic N) is 3. The van der Waals surface area contributed by atoms with Crippen LogP contribution in [0.2, 0.25) is 5.02 Å². The maximum absolute atomic E-state index is 12.8. The monoisotopic (exact) mass is 436 g/mol. The molecule has 0 atom stereocenters. The molecule has 0 radical (unpaired) electrons. The predicted molar refractivity (Wildman–Crippen MR) is 117 cm³/mol. The van der Waals surface area contributed by atoms with E-state index in [9.17, 15) is 4.79 Å². The first kappa shape index (κ1) is 20.7. The van der Waals surface area contributed by atoms with Crippen molar-refractivity contribution in [2.45, 2.75) is 27.0 Å². The van der Waals surface area contributed by atoms with E-state index < -0.39 is 0 Å². The van der Waals surface area contributed by atoms with Gasteiger partial charge in [0.2, 0.25) is 0 Å². The third kappa shape index (κ3) is 5.13. The van der Waals surface area contributed by atoms with Gasteiger partial charge in [-0.25, -0.2) is 0 Å². The molecule has 4 aromatic rings. The van der Waals surface area contributed by atoms with Crippen molar-refractivity contribution in [1.82, 2.24) is 14.9 Å². The molecule has 158 valence electrons. The largest absolute Gasteiger partial charge is 0.489 e. The van der Waals surface area contributed by atoms with Crippen LogP contribution in [0.5, 0.6) is 5.75 Å². The minimum Gasteiger partial charge on any atom is -0.489 e. The standard InChI is InChI=1S/C23H21ClN4O3/c1-15-3-9-20(10-4-15)30-14-21-16(2)31-27-22(21)23(29)26-19-7-5-17(6-8-19)12-28-13-18(24)11-25-28/h3-11,13H,12,14H2,1-2H3,(H,26,29). The summed E-state index contributed by atoms with van der Waals surface area (Å²) in [4.78, 5) is 12.8. The Morgan fingerprint density at radius 1 is 1.13 bits per heavy atom. The molecular formula is C23H21ClN4O3. The molecule has 0 aliphatic rings. The summed E-state index contributed by atoms with van der Waals surface area (Å²) in [6.45, 7) is 4.54. The van der Waals surface area contributed by atoms with Crippen molar-refractivity contribution in [3.63, 3.8) is 0 Å². The molecule has 4 rings (SSSR count). The van der Waals surface area contributed by atoms with Crippen LogP contribution in [0.25, 0.3) is 0 Å². The number of hydrogen-bond donors (Lipinski definition) is 1. The highest BCUT2D eigenvalue weighted by Gasteiger charge is 2.20. The Balaban J connectivity index is 1.41. The summed E-state index contributed by atoms with van der Waals surface area (Å²) in [7, 11) is 0. The predicted octanol–water partition coefficient (Wildman–Crippen LogP) is 5.02. The molecule has 0 fully saturated rings. The van der Waals surface area contributed by atoms with Crippen molar-refractivity contribution in [3.8, 4) is 5.75 Å². The van der Waals surface area contributed by atoms with E-state index in [-0.39, 0.29) is 18.2 Å². The molecule has 2 aromatic carbocycles. The number of halogens is 1. The second-order valence-corrected chi connectivity index (χ2v) is 7.61. The van der Waals surface area contributed by atoms with Crippen LogP contribution in [0.15, 0.2) is 65.4 Å². The van der Waals surface area contributed by atoms with E-state index in [2.05, 4.69) is 15.6 Å².